The fourth-order valence-corrected chi connectivity index (χ4v) is 3.74. The molecule has 0 fully saturated rings. The van der Waals surface area contributed by atoms with E-state index in [1.165, 1.54) is 64.2 Å². The first-order valence-electron chi connectivity index (χ1n) is 11.6. The van der Waals surface area contributed by atoms with Gasteiger partial charge in [0.05, 0.1) is 7.11 Å². The van der Waals surface area contributed by atoms with Gasteiger partial charge in [-0.05, 0) is 30.7 Å². The lowest BCUT2D eigenvalue weighted by molar-refractivity contribution is -0.121. The van der Waals surface area contributed by atoms with Gasteiger partial charge in [-0.2, -0.15) is 0 Å². The molecule has 0 aliphatic carbocycles. The van der Waals surface area contributed by atoms with Crippen LogP contribution in [-0.2, 0) is 4.79 Å². The first-order valence-corrected chi connectivity index (χ1v) is 12.8. The SMILES string of the molecule is CCCCCCCCCCCCCCC(=O)N[C@H](Nc1ccc(OC)cc1)C(Cl)(Cl)Cl. The van der Waals surface area contributed by atoms with Crippen molar-refractivity contribution >= 4 is 46.4 Å². The number of nitrogens with one attached hydrogen (secondary N) is 2. The molecule has 0 radical (unpaired) electrons. The van der Waals surface area contributed by atoms with Crippen LogP contribution in [0.3, 0.4) is 0 Å². The van der Waals surface area contributed by atoms with Crippen molar-refractivity contribution in [3.63, 3.8) is 0 Å². The molecule has 178 valence electrons. The van der Waals surface area contributed by atoms with E-state index in [2.05, 4.69) is 17.6 Å². The van der Waals surface area contributed by atoms with E-state index in [4.69, 9.17) is 39.5 Å². The van der Waals surface area contributed by atoms with Crippen molar-refractivity contribution in [2.24, 2.45) is 0 Å². The van der Waals surface area contributed by atoms with Crippen molar-refractivity contribution in [1.29, 1.82) is 0 Å². The third kappa shape index (κ3) is 14.0. The molecule has 0 unspecified atom stereocenters. The number of anilines is 1. The molecule has 7 heteroatoms. The summed E-state index contributed by atoms with van der Waals surface area (Å²) in [5, 5.41) is 5.86. The van der Waals surface area contributed by atoms with Gasteiger partial charge in [0.1, 0.15) is 11.9 Å². The Morgan fingerprint density at radius 2 is 1.35 bits per heavy atom. The standard InChI is InChI=1S/C24H39Cl3N2O2/c1-3-4-5-6-7-8-9-10-11-12-13-14-15-22(30)29-23(24(25,26)27)28-20-16-18-21(31-2)19-17-20/h16-19,23,28H,3-15H2,1-2H3,(H,29,30)/t23-/m0/s1. The smallest absolute Gasteiger partial charge is 0.228 e. The molecule has 1 aromatic rings. The number of alkyl halides is 3. The van der Waals surface area contributed by atoms with E-state index in [-0.39, 0.29) is 5.91 Å². The van der Waals surface area contributed by atoms with E-state index in [9.17, 15) is 4.79 Å². The summed E-state index contributed by atoms with van der Waals surface area (Å²) in [6.45, 7) is 2.25. The molecule has 0 saturated carbocycles. The molecule has 0 saturated heterocycles. The first kappa shape index (κ1) is 28.2. The molecule has 0 aromatic heterocycles. The van der Waals surface area contributed by atoms with E-state index < -0.39 is 9.96 Å². The Labute approximate surface area is 203 Å². The third-order valence-corrected chi connectivity index (χ3v) is 5.95. The van der Waals surface area contributed by atoms with Crippen LogP contribution >= 0.6 is 34.8 Å². The number of carbonyl (C=O) groups is 1. The fourth-order valence-electron chi connectivity index (χ4n) is 3.41. The number of benzene rings is 1. The lowest BCUT2D eigenvalue weighted by Gasteiger charge is -2.27. The highest BCUT2D eigenvalue weighted by Gasteiger charge is 2.33. The maximum atomic E-state index is 12.3. The summed E-state index contributed by atoms with van der Waals surface area (Å²) in [6.07, 6.45) is 14.7. The van der Waals surface area contributed by atoms with Crippen LogP contribution in [0.2, 0.25) is 0 Å². The molecule has 0 spiro atoms. The molecule has 0 heterocycles. The van der Waals surface area contributed by atoms with Crippen LogP contribution in [-0.4, -0.2) is 23.0 Å². The van der Waals surface area contributed by atoms with E-state index in [0.29, 0.717) is 6.42 Å². The molecule has 4 nitrogen and oxygen atoms in total. The molecule has 0 bridgehead atoms. The van der Waals surface area contributed by atoms with Crippen LogP contribution in [0.1, 0.15) is 90.4 Å². The molecule has 31 heavy (non-hydrogen) atoms. The summed E-state index contributed by atoms with van der Waals surface area (Å²) in [5.74, 6) is 0.608. The Morgan fingerprint density at radius 3 is 1.81 bits per heavy atom. The first-order chi connectivity index (χ1) is 14.9. The maximum absolute atomic E-state index is 12.3. The second-order valence-corrected chi connectivity index (χ2v) is 10.4. The minimum atomic E-state index is -1.67. The van der Waals surface area contributed by atoms with Gasteiger partial charge in [0.15, 0.2) is 0 Å². The predicted molar refractivity (Wildman–Crippen MR) is 135 cm³/mol. The zero-order chi connectivity index (χ0) is 23.0. The molecule has 1 amide bonds. The number of unbranched alkanes of at least 4 members (excludes halogenated alkanes) is 11. The summed E-state index contributed by atoms with van der Waals surface area (Å²) >= 11 is 18.2. The topological polar surface area (TPSA) is 50.4 Å². The molecule has 2 N–H and O–H groups in total. The van der Waals surface area contributed by atoms with Crippen molar-refractivity contribution in [1.82, 2.24) is 5.32 Å². The molecule has 0 aliphatic rings. The quantitative estimate of drug-likeness (QED) is 0.131. The molecule has 1 rings (SSSR count). The average molecular weight is 494 g/mol. The normalized spacial score (nSPS) is 12.4. The van der Waals surface area contributed by atoms with Crippen molar-refractivity contribution in [2.75, 3.05) is 12.4 Å². The van der Waals surface area contributed by atoms with Crippen LogP contribution < -0.4 is 15.4 Å². The Kier molecular flexibility index (Phi) is 15.2. The summed E-state index contributed by atoms with van der Waals surface area (Å²) in [4.78, 5) is 12.3. The minimum absolute atomic E-state index is 0.121. The van der Waals surface area contributed by atoms with Gasteiger partial charge in [-0.25, -0.2) is 0 Å². The molecule has 0 aliphatic heterocycles. The van der Waals surface area contributed by atoms with Crippen LogP contribution in [0.5, 0.6) is 5.75 Å². The van der Waals surface area contributed by atoms with Gasteiger partial charge in [-0.15, -0.1) is 0 Å². The number of rotatable bonds is 17. The van der Waals surface area contributed by atoms with Crippen molar-refractivity contribution < 1.29 is 9.53 Å². The van der Waals surface area contributed by atoms with Crippen LogP contribution in [0.4, 0.5) is 5.69 Å². The number of hydrogen-bond donors (Lipinski definition) is 2. The summed E-state index contributed by atoms with van der Waals surface area (Å²) < 4.78 is 3.47. The second kappa shape index (κ2) is 16.7. The Morgan fingerprint density at radius 1 is 0.871 bits per heavy atom. The summed E-state index contributed by atoms with van der Waals surface area (Å²) in [6, 6.07) is 7.21. The highest BCUT2D eigenvalue weighted by atomic mass is 35.6. The van der Waals surface area contributed by atoms with Crippen molar-refractivity contribution in [3.05, 3.63) is 24.3 Å². The Bertz CT molecular complexity index is 591. The summed E-state index contributed by atoms with van der Waals surface area (Å²) in [5.41, 5.74) is 0.725. The number of hydrogen-bond acceptors (Lipinski definition) is 3. The fraction of sp³-hybridized carbons (Fsp3) is 0.708. The van der Waals surface area contributed by atoms with Crippen molar-refractivity contribution in [2.45, 2.75) is 100 Å². The number of amides is 1. The Balaban J connectivity index is 2.18. The lowest BCUT2D eigenvalue weighted by atomic mass is 10.0. The zero-order valence-electron chi connectivity index (χ0n) is 19.0. The molecular weight excluding hydrogens is 455 g/mol. The monoisotopic (exact) mass is 492 g/mol. The van der Waals surface area contributed by atoms with Gasteiger partial charge in [0, 0.05) is 12.1 Å². The van der Waals surface area contributed by atoms with Gasteiger partial charge >= 0.3 is 0 Å². The highest BCUT2D eigenvalue weighted by molar-refractivity contribution is 6.68. The van der Waals surface area contributed by atoms with E-state index in [1.54, 1.807) is 31.4 Å². The lowest BCUT2D eigenvalue weighted by Crippen LogP contribution is -2.49. The maximum Gasteiger partial charge on any atom is 0.228 e. The molecular formula is C24H39Cl3N2O2. The van der Waals surface area contributed by atoms with E-state index in [1.807, 2.05) is 0 Å². The van der Waals surface area contributed by atoms with Gasteiger partial charge in [-0.3, -0.25) is 4.79 Å². The third-order valence-electron chi connectivity index (χ3n) is 5.29. The molecule has 1 aromatic carbocycles. The second-order valence-electron chi connectivity index (χ2n) is 8.05. The van der Waals surface area contributed by atoms with Gasteiger partial charge in [-0.1, -0.05) is 112 Å². The summed E-state index contributed by atoms with van der Waals surface area (Å²) in [7, 11) is 1.60. The Hall–Kier alpha value is -0.840. The van der Waals surface area contributed by atoms with Gasteiger partial charge in [0.2, 0.25) is 9.70 Å². The number of methoxy groups -OCH3 is 1. The average Bonchev–Trinajstić information content (AvgIpc) is 2.74. The van der Waals surface area contributed by atoms with Crippen molar-refractivity contribution in [3.8, 4) is 5.75 Å². The largest absolute Gasteiger partial charge is 0.497 e. The van der Waals surface area contributed by atoms with Crippen LogP contribution in [0.15, 0.2) is 24.3 Å². The zero-order valence-corrected chi connectivity index (χ0v) is 21.3. The van der Waals surface area contributed by atoms with Crippen LogP contribution in [0.25, 0.3) is 0 Å². The van der Waals surface area contributed by atoms with Gasteiger partial charge < -0.3 is 15.4 Å². The number of ether oxygens (including phenoxy) is 1. The van der Waals surface area contributed by atoms with E-state index >= 15 is 0 Å². The highest BCUT2D eigenvalue weighted by Crippen LogP contribution is 2.31. The predicted octanol–water partition coefficient (Wildman–Crippen LogP) is 8.01. The molecule has 1 atom stereocenters. The minimum Gasteiger partial charge on any atom is -0.497 e. The number of halogens is 3. The van der Waals surface area contributed by atoms with E-state index in [0.717, 1.165) is 24.3 Å². The van der Waals surface area contributed by atoms with Gasteiger partial charge in [0.25, 0.3) is 0 Å². The number of carbonyl (C=O) groups excluding carboxylic acids is 1. The van der Waals surface area contributed by atoms with Crippen LogP contribution in [0, 0.1) is 0 Å².